The minimum absolute atomic E-state index is 0.325. The Morgan fingerprint density at radius 1 is 1.41 bits per heavy atom. The van der Waals surface area contributed by atoms with Crippen LogP contribution in [0.2, 0.25) is 0 Å². The third-order valence-corrected chi connectivity index (χ3v) is 4.84. The van der Waals surface area contributed by atoms with Crippen LogP contribution in [0, 0.1) is 0 Å². The molecule has 1 aromatic heterocycles. The van der Waals surface area contributed by atoms with E-state index in [-0.39, 0.29) is 5.41 Å². The maximum atomic E-state index is 11.5. The molecule has 0 amide bonds. The van der Waals surface area contributed by atoms with Crippen LogP contribution in [0.4, 0.5) is 0 Å². The van der Waals surface area contributed by atoms with Gasteiger partial charge in [-0.2, -0.15) is 0 Å². The quantitative estimate of drug-likeness (QED) is 0.720. The highest BCUT2D eigenvalue weighted by Crippen LogP contribution is 2.45. The Labute approximate surface area is 105 Å². The summed E-state index contributed by atoms with van der Waals surface area (Å²) in [4.78, 5) is 12.7. The monoisotopic (exact) mass is 245 g/mol. The minimum atomic E-state index is -0.325. The number of nitrogens with zero attached hydrogens (tertiary/aromatic N) is 1. The lowest BCUT2D eigenvalue weighted by atomic mass is 9.85. The molecule has 0 fully saturated rings. The molecule has 17 heavy (non-hydrogen) atoms. The molecule has 0 aliphatic carbocycles. The molecule has 0 saturated heterocycles. The number of benzene rings is 1. The third kappa shape index (κ3) is 1.38. The largest absolute Gasteiger partial charge is 0.346 e. The molecule has 1 atom stereocenters. The molecule has 0 N–H and O–H groups in total. The molecular weight excluding hydrogens is 230 g/mol. The lowest BCUT2D eigenvalue weighted by Crippen LogP contribution is -2.30. The van der Waals surface area contributed by atoms with Gasteiger partial charge in [0.15, 0.2) is 0 Å². The van der Waals surface area contributed by atoms with E-state index < -0.39 is 0 Å². The SMILES string of the molecule is Cn1c2c(c3ccccc31)SCCC2(C)C=O. The van der Waals surface area contributed by atoms with Gasteiger partial charge in [-0.3, -0.25) is 0 Å². The van der Waals surface area contributed by atoms with Crippen molar-refractivity contribution < 1.29 is 4.79 Å². The predicted octanol–water partition coefficient (Wildman–Crippen LogP) is 3.13. The molecule has 2 aromatic rings. The van der Waals surface area contributed by atoms with Gasteiger partial charge in [-0.15, -0.1) is 11.8 Å². The van der Waals surface area contributed by atoms with Crippen molar-refractivity contribution in [3.05, 3.63) is 30.0 Å². The predicted molar refractivity (Wildman–Crippen MR) is 71.7 cm³/mol. The normalized spacial score (nSPS) is 23.6. The summed E-state index contributed by atoms with van der Waals surface area (Å²) < 4.78 is 2.19. The van der Waals surface area contributed by atoms with Gasteiger partial charge >= 0.3 is 0 Å². The van der Waals surface area contributed by atoms with E-state index in [4.69, 9.17) is 0 Å². The van der Waals surface area contributed by atoms with Crippen LogP contribution in [0.25, 0.3) is 10.9 Å². The molecule has 0 bridgehead atoms. The van der Waals surface area contributed by atoms with E-state index in [1.54, 1.807) is 0 Å². The average molecular weight is 245 g/mol. The Hall–Kier alpha value is -1.22. The summed E-state index contributed by atoms with van der Waals surface area (Å²) >= 11 is 1.88. The zero-order valence-electron chi connectivity index (χ0n) is 10.1. The molecule has 1 aromatic carbocycles. The molecule has 1 aliphatic heterocycles. The van der Waals surface area contributed by atoms with Crippen LogP contribution >= 0.6 is 11.8 Å². The Bertz CT molecular complexity index is 602. The van der Waals surface area contributed by atoms with Gasteiger partial charge in [0, 0.05) is 28.5 Å². The lowest BCUT2D eigenvalue weighted by molar-refractivity contribution is -0.112. The second-order valence-electron chi connectivity index (χ2n) is 4.89. The first-order valence-corrected chi connectivity index (χ1v) is 6.83. The van der Waals surface area contributed by atoms with E-state index in [2.05, 4.69) is 42.8 Å². The number of fused-ring (bicyclic) bond motifs is 3. The van der Waals surface area contributed by atoms with E-state index in [0.29, 0.717) is 0 Å². The van der Waals surface area contributed by atoms with Crippen molar-refractivity contribution in [2.45, 2.75) is 23.7 Å². The number of carbonyl (C=O) groups is 1. The Balaban J connectivity index is 2.42. The van der Waals surface area contributed by atoms with Gasteiger partial charge in [0.05, 0.1) is 5.41 Å². The van der Waals surface area contributed by atoms with Crippen molar-refractivity contribution in [3.63, 3.8) is 0 Å². The van der Waals surface area contributed by atoms with Crippen LogP contribution in [0.3, 0.4) is 0 Å². The van der Waals surface area contributed by atoms with Gasteiger partial charge in [0.25, 0.3) is 0 Å². The fourth-order valence-corrected chi connectivity index (χ4v) is 4.31. The Kier molecular flexibility index (Phi) is 2.33. The number of hydrogen-bond donors (Lipinski definition) is 0. The molecule has 0 radical (unpaired) electrons. The zero-order valence-corrected chi connectivity index (χ0v) is 10.9. The van der Waals surface area contributed by atoms with Gasteiger partial charge in [0.1, 0.15) is 6.29 Å². The third-order valence-electron chi connectivity index (χ3n) is 3.73. The van der Waals surface area contributed by atoms with Crippen molar-refractivity contribution >= 4 is 29.0 Å². The fourth-order valence-electron chi connectivity index (χ4n) is 2.75. The fraction of sp³-hybridized carbons (Fsp3) is 0.357. The summed E-state index contributed by atoms with van der Waals surface area (Å²) in [5.41, 5.74) is 2.08. The summed E-state index contributed by atoms with van der Waals surface area (Å²) in [5, 5.41) is 1.28. The number of rotatable bonds is 1. The van der Waals surface area contributed by atoms with Crippen molar-refractivity contribution in [2.24, 2.45) is 7.05 Å². The minimum Gasteiger partial charge on any atom is -0.346 e. The summed E-state index contributed by atoms with van der Waals surface area (Å²) in [7, 11) is 2.06. The first-order chi connectivity index (χ1) is 8.17. The molecule has 88 valence electrons. The van der Waals surface area contributed by atoms with Gasteiger partial charge in [-0.1, -0.05) is 18.2 Å². The number of para-hydroxylation sites is 1. The Morgan fingerprint density at radius 2 is 2.18 bits per heavy atom. The molecular formula is C14H15NOS. The topological polar surface area (TPSA) is 22.0 Å². The molecule has 3 rings (SSSR count). The average Bonchev–Trinajstić information content (AvgIpc) is 2.66. The van der Waals surface area contributed by atoms with Crippen LogP contribution in [-0.4, -0.2) is 16.6 Å². The van der Waals surface area contributed by atoms with Gasteiger partial charge in [0.2, 0.25) is 0 Å². The molecule has 2 nitrogen and oxygen atoms in total. The van der Waals surface area contributed by atoms with Gasteiger partial charge in [-0.05, 0) is 25.2 Å². The first kappa shape index (κ1) is 10.9. The van der Waals surface area contributed by atoms with Crippen LogP contribution < -0.4 is 0 Å². The highest BCUT2D eigenvalue weighted by atomic mass is 32.2. The molecule has 0 saturated carbocycles. The van der Waals surface area contributed by atoms with Crippen LogP contribution in [0.1, 0.15) is 19.0 Å². The lowest BCUT2D eigenvalue weighted by Gasteiger charge is -2.29. The summed E-state index contributed by atoms with van der Waals surface area (Å²) in [6, 6.07) is 8.39. The van der Waals surface area contributed by atoms with Crippen LogP contribution in [0.15, 0.2) is 29.2 Å². The number of aldehydes is 1. The number of hydrogen-bond acceptors (Lipinski definition) is 2. The first-order valence-electron chi connectivity index (χ1n) is 5.84. The number of aromatic nitrogens is 1. The van der Waals surface area contributed by atoms with Crippen LogP contribution in [-0.2, 0) is 17.3 Å². The van der Waals surface area contributed by atoms with Crippen molar-refractivity contribution in [3.8, 4) is 0 Å². The standard InChI is InChI=1S/C14H15NOS/c1-14(9-16)7-8-17-12-10-5-3-4-6-11(10)15(2)13(12)14/h3-6,9H,7-8H2,1-2H3. The van der Waals surface area contributed by atoms with E-state index in [0.717, 1.165) is 18.5 Å². The van der Waals surface area contributed by atoms with E-state index in [1.807, 2.05) is 11.8 Å². The highest BCUT2D eigenvalue weighted by molar-refractivity contribution is 7.99. The molecule has 3 heteroatoms. The van der Waals surface area contributed by atoms with Crippen molar-refractivity contribution in [1.29, 1.82) is 0 Å². The van der Waals surface area contributed by atoms with E-state index in [1.165, 1.54) is 21.5 Å². The number of aryl methyl sites for hydroxylation is 1. The second-order valence-corrected chi connectivity index (χ2v) is 5.99. The Morgan fingerprint density at radius 3 is 2.94 bits per heavy atom. The van der Waals surface area contributed by atoms with E-state index in [9.17, 15) is 4.79 Å². The molecule has 1 unspecified atom stereocenters. The molecule has 1 aliphatic rings. The maximum Gasteiger partial charge on any atom is 0.131 e. The summed E-state index contributed by atoms with van der Waals surface area (Å²) in [5.74, 6) is 1.02. The summed E-state index contributed by atoms with van der Waals surface area (Å²) in [6.07, 6.45) is 2.04. The molecule has 0 spiro atoms. The zero-order chi connectivity index (χ0) is 12.0. The van der Waals surface area contributed by atoms with Gasteiger partial charge in [-0.25, -0.2) is 0 Å². The summed E-state index contributed by atoms with van der Waals surface area (Å²) in [6.45, 7) is 2.05. The smallest absolute Gasteiger partial charge is 0.131 e. The maximum absolute atomic E-state index is 11.5. The van der Waals surface area contributed by atoms with Crippen molar-refractivity contribution in [1.82, 2.24) is 4.57 Å². The molecule has 2 heterocycles. The van der Waals surface area contributed by atoms with Crippen molar-refractivity contribution in [2.75, 3.05) is 5.75 Å². The highest BCUT2D eigenvalue weighted by Gasteiger charge is 2.36. The number of carbonyl (C=O) groups excluding carboxylic acids is 1. The van der Waals surface area contributed by atoms with Crippen LogP contribution in [0.5, 0.6) is 0 Å². The van der Waals surface area contributed by atoms with Gasteiger partial charge < -0.3 is 9.36 Å². The number of thioether (sulfide) groups is 1. The van der Waals surface area contributed by atoms with E-state index >= 15 is 0 Å². The second kappa shape index (κ2) is 3.64.